The molecule has 1 atom stereocenters. The molecule has 1 aromatic carbocycles. The minimum atomic E-state index is -3.03. The van der Waals surface area contributed by atoms with Crippen LogP contribution in [0.3, 0.4) is 0 Å². The van der Waals surface area contributed by atoms with E-state index >= 15 is 0 Å². The van der Waals surface area contributed by atoms with Crippen LogP contribution in [-0.4, -0.2) is 24.1 Å². The van der Waals surface area contributed by atoms with E-state index in [9.17, 15) is 8.42 Å². The molecule has 0 amide bonds. The van der Waals surface area contributed by atoms with Crippen molar-refractivity contribution in [2.24, 2.45) is 0 Å². The third-order valence-corrected chi connectivity index (χ3v) is 5.72. The third-order valence-electron chi connectivity index (χ3n) is 3.54. The summed E-state index contributed by atoms with van der Waals surface area (Å²) in [5, 5.41) is -0.445. The Kier molecular flexibility index (Phi) is 2.66. The molecule has 18 heavy (non-hydrogen) atoms. The van der Waals surface area contributed by atoms with Crippen LogP contribution in [0.2, 0.25) is 0 Å². The van der Waals surface area contributed by atoms with Crippen LogP contribution >= 0.6 is 0 Å². The van der Waals surface area contributed by atoms with Gasteiger partial charge in [-0.2, -0.15) is 0 Å². The van der Waals surface area contributed by atoms with E-state index in [1.54, 1.807) is 0 Å². The number of aryl methyl sites for hydroxylation is 1. The van der Waals surface area contributed by atoms with Crippen molar-refractivity contribution in [3.63, 3.8) is 0 Å². The van der Waals surface area contributed by atoms with Gasteiger partial charge in [-0.1, -0.05) is 12.5 Å². The monoisotopic (exact) mass is 264 g/mol. The first kappa shape index (κ1) is 11.7. The van der Waals surface area contributed by atoms with E-state index in [0.29, 0.717) is 12.2 Å². The van der Waals surface area contributed by atoms with Crippen LogP contribution in [0.25, 0.3) is 11.0 Å². The van der Waals surface area contributed by atoms with Gasteiger partial charge in [0.1, 0.15) is 11.1 Å². The summed E-state index contributed by atoms with van der Waals surface area (Å²) < 4.78 is 24.1. The Morgan fingerprint density at radius 3 is 2.94 bits per heavy atom. The minimum Gasteiger partial charge on any atom is -0.341 e. The lowest BCUT2D eigenvalue weighted by Crippen LogP contribution is -2.22. The van der Waals surface area contributed by atoms with Gasteiger partial charge in [-0.05, 0) is 37.5 Å². The molecule has 1 aromatic heterocycles. The highest BCUT2D eigenvalue weighted by Crippen LogP contribution is 2.32. The predicted octanol–water partition coefficient (Wildman–Crippen LogP) is 2.51. The van der Waals surface area contributed by atoms with Crippen molar-refractivity contribution in [1.82, 2.24) is 9.97 Å². The van der Waals surface area contributed by atoms with Crippen LogP contribution in [0.5, 0.6) is 0 Å². The average molecular weight is 264 g/mol. The number of benzene rings is 1. The zero-order valence-corrected chi connectivity index (χ0v) is 11.1. The second kappa shape index (κ2) is 4.09. The molecule has 1 aliphatic heterocycles. The van der Waals surface area contributed by atoms with Gasteiger partial charge < -0.3 is 4.98 Å². The Balaban J connectivity index is 2.08. The number of hydrogen-bond acceptors (Lipinski definition) is 3. The number of H-pyrrole nitrogens is 1. The summed E-state index contributed by atoms with van der Waals surface area (Å²) in [6.07, 6.45) is 2.42. The number of aromatic nitrogens is 2. The van der Waals surface area contributed by atoms with E-state index in [1.165, 1.54) is 0 Å². The molecule has 1 aliphatic rings. The fourth-order valence-electron chi connectivity index (χ4n) is 2.56. The first-order chi connectivity index (χ1) is 8.56. The molecule has 2 heterocycles. The lowest BCUT2D eigenvalue weighted by Gasteiger charge is -2.20. The fourth-order valence-corrected chi connectivity index (χ4v) is 4.43. The fraction of sp³-hybridized carbons (Fsp3) is 0.462. The highest BCUT2D eigenvalue weighted by atomic mass is 32.2. The van der Waals surface area contributed by atoms with Crippen LogP contribution < -0.4 is 0 Å². The summed E-state index contributed by atoms with van der Waals surface area (Å²) in [4.78, 5) is 7.61. The largest absolute Gasteiger partial charge is 0.341 e. The van der Waals surface area contributed by atoms with Gasteiger partial charge >= 0.3 is 0 Å². The molecule has 0 radical (unpaired) electrons. The first-order valence-electron chi connectivity index (χ1n) is 6.24. The van der Waals surface area contributed by atoms with Crippen LogP contribution in [0.4, 0.5) is 0 Å². The van der Waals surface area contributed by atoms with Crippen molar-refractivity contribution in [1.29, 1.82) is 0 Å². The highest BCUT2D eigenvalue weighted by Gasteiger charge is 2.32. The molecule has 3 rings (SSSR count). The van der Waals surface area contributed by atoms with Gasteiger partial charge in [0.2, 0.25) is 0 Å². The molecule has 4 nitrogen and oxygen atoms in total. The maximum absolute atomic E-state index is 12.1. The molecule has 1 saturated heterocycles. The molecule has 0 saturated carbocycles. The molecule has 1 fully saturated rings. The van der Waals surface area contributed by atoms with Gasteiger partial charge in [0, 0.05) is 0 Å². The number of sulfone groups is 1. The van der Waals surface area contributed by atoms with Gasteiger partial charge in [-0.25, -0.2) is 13.4 Å². The topological polar surface area (TPSA) is 62.8 Å². The maximum atomic E-state index is 12.1. The van der Waals surface area contributed by atoms with Gasteiger partial charge in [0.05, 0.1) is 16.8 Å². The van der Waals surface area contributed by atoms with E-state index in [-0.39, 0.29) is 5.75 Å². The Morgan fingerprint density at radius 2 is 2.17 bits per heavy atom. The maximum Gasteiger partial charge on any atom is 0.160 e. The van der Waals surface area contributed by atoms with Crippen molar-refractivity contribution in [2.75, 3.05) is 5.75 Å². The first-order valence-corrected chi connectivity index (χ1v) is 7.96. The Hall–Kier alpha value is -1.36. The van der Waals surface area contributed by atoms with Gasteiger partial charge in [-0.15, -0.1) is 0 Å². The van der Waals surface area contributed by atoms with Crippen molar-refractivity contribution in [2.45, 2.75) is 31.4 Å². The zero-order chi connectivity index (χ0) is 12.8. The predicted molar refractivity (Wildman–Crippen MR) is 71.2 cm³/mol. The summed E-state index contributed by atoms with van der Waals surface area (Å²) in [5.74, 6) is 0.892. The second-order valence-electron chi connectivity index (χ2n) is 4.99. The summed E-state index contributed by atoms with van der Waals surface area (Å²) in [5.41, 5.74) is 2.91. The molecule has 5 heteroatoms. The van der Waals surface area contributed by atoms with E-state index in [0.717, 1.165) is 29.4 Å². The molecule has 2 aromatic rings. The quantitative estimate of drug-likeness (QED) is 0.860. The minimum absolute atomic E-state index is 0.285. The highest BCUT2D eigenvalue weighted by molar-refractivity contribution is 7.91. The van der Waals surface area contributed by atoms with E-state index in [1.807, 2.05) is 25.1 Å². The lowest BCUT2D eigenvalue weighted by atomic mass is 10.2. The normalized spacial score (nSPS) is 23.3. The lowest BCUT2D eigenvalue weighted by molar-refractivity contribution is 0.540. The third kappa shape index (κ3) is 1.92. The van der Waals surface area contributed by atoms with E-state index < -0.39 is 15.1 Å². The van der Waals surface area contributed by atoms with Crippen molar-refractivity contribution < 1.29 is 8.42 Å². The smallest absolute Gasteiger partial charge is 0.160 e. The summed E-state index contributed by atoms with van der Waals surface area (Å²) >= 11 is 0. The average Bonchev–Trinajstić information content (AvgIpc) is 2.70. The number of hydrogen-bond donors (Lipinski definition) is 1. The number of nitrogens with one attached hydrogen (secondary N) is 1. The molecule has 0 bridgehead atoms. The molecule has 0 aliphatic carbocycles. The Morgan fingerprint density at radius 1 is 1.33 bits per heavy atom. The number of aromatic amines is 1. The van der Waals surface area contributed by atoms with E-state index in [2.05, 4.69) is 9.97 Å². The van der Waals surface area contributed by atoms with Crippen LogP contribution in [0.15, 0.2) is 18.2 Å². The number of nitrogens with zero attached hydrogens (tertiary/aromatic N) is 1. The van der Waals surface area contributed by atoms with Gasteiger partial charge in [-0.3, -0.25) is 0 Å². The number of rotatable bonds is 1. The zero-order valence-electron chi connectivity index (χ0n) is 10.3. The van der Waals surface area contributed by atoms with Gasteiger partial charge in [0.25, 0.3) is 0 Å². The van der Waals surface area contributed by atoms with E-state index in [4.69, 9.17) is 0 Å². The Labute approximate surface area is 106 Å². The molecular formula is C13H16N2O2S. The molecule has 1 N–H and O–H groups in total. The van der Waals surface area contributed by atoms with Crippen molar-refractivity contribution in [3.8, 4) is 0 Å². The van der Waals surface area contributed by atoms with Crippen LogP contribution in [-0.2, 0) is 9.84 Å². The van der Waals surface area contributed by atoms with Crippen LogP contribution in [0, 0.1) is 6.92 Å². The SMILES string of the molecule is Cc1ccc2nc(C3CCCCS3(=O)=O)[nH]c2c1. The second-order valence-corrected chi connectivity index (χ2v) is 7.30. The van der Waals surface area contributed by atoms with Crippen molar-refractivity contribution >= 4 is 20.9 Å². The number of fused-ring (bicyclic) bond motifs is 1. The van der Waals surface area contributed by atoms with Crippen LogP contribution in [0.1, 0.15) is 35.9 Å². The van der Waals surface area contributed by atoms with Gasteiger partial charge in [0.15, 0.2) is 9.84 Å². The molecule has 0 spiro atoms. The summed E-state index contributed by atoms with van der Waals surface area (Å²) in [6, 6.07) is 5.92. The molecular weight excluding hydrogens is 248 g/mol. The molecule has 1 unspecified atom stereocenters. The Bertz CT molecular complexity index is 688. The van der Waals surface area contributed by atoms with Crippen molar-refractivity contribution in [3.05, 3.63) is 29.6 Å². The number of imidazole rings is 1. The standard InChI is InChI=1S/C13H16N2O2S/c1-9-5-6-10-11(8-9)15-13(14-10)12-4-2-3-7-18(12,16)17/h5-6,8,12H,2-4,7H2,1H3,(H,14,15). The molecule has 96 valence electrons. The summed E-state index contributed by atoms with van der Waals surface area (Å²) in [6.45, 7) is 2.01. The summed E-state index contributed by atoms with van der Waals surface area (Å²) in [7, 11) is -3.03.